The third-order valence-electron chi connectivity index (χ3n) is 22.9. The molecule has 0 bridgehead atoms. The number of rotatable bonds is 6. The molecular weight excluding hydrogens is 1310 g/mol. The van der Waals surface area contributed by atoms with E-state index in [9.17, 15) is 0 Å². The van der Waals surface area contributed by atoms with Crippen molar-refractivity contribution >= 4 is 174 Å². The number of hydrogen-bond acceptors (Lipinski definition) is 4. The predicted molar refractivity (Wildman–Crippen MR) is 455 cm³/mol. The van der Waals surface area contributed by atoms with E-state index >= 15 is 0 Å². The Morgan fingerprint density at radius 2 is 0.389 bits per heavy atom. The zero-order valence-corrected chi connectivity index (χ0v) is 58.3. The van der Waals surface area contributed by atoms with E-state index in [1.807, 2.05) is 0 Å². The quantitative estimate of drug-likeness (QED) is 0.156. The Kier molecular flexibility index (Phi) is 13.1. The summed E-state index contributed by atoms with van der Waals surface area (Å²) in [6.07, 6.45) is 0. The van der Waals surface area contributed by atoms with Crippen molar-refractivity contribution in [3.8, 4) is 66.8 Å². The summed E-state index contributed by atoms with van der Waals surface area (Å²) < 4.78 is 26.3. The van der Waals surface area contributed by atoms with Crippen LogP contribution in [0.1, 0.15) is 0 Å². The van der Waals surface area contributed by atoms with Crippen molar-refractivity contribution in [1.29, 1.82) is 0 Å². The van der Waals surface area contributed by atoms with Crippen LogP contribution in [0.15, 0.2) is 382 Å². The van der Waals surface area contributed by atoms with Crippen LogP contribution in [0, 0.1) is 0 Å². The summed E-state index contributed by atoms with van der Waals surface area (Å²) in [6, 6.07) is 132. The van der Waals surface area contributed by atoms with E-state index < -0.39 is 0 Å². The molecule has 20 aromatic carbocycles. The van der Waals surface area contributed by atoms with E-state index in [2.05, 4.69) is 364 Å². The molecule has 4 aromatic heterocycles. The van der Waals surface area contributed by atoms with Gasteiger partial charge in [0.2, 0.25) is 0 Å². The molecule has 0 fully saturated rings. The smallest absolute Gasteiger partial charge is 0.178 e. The molecule has 4 heterocycles. The standard InChI is InChI=1S/2C52H30O2/c1-2-10-32-27-33(18-17-31(32)9-1)34-19-25-49-47(28-34)44-23-24-45-48-30-36(20-26-50(48)54-52(45)51(44)53-49)38-21-22-43(41-15-7-5-14-40(38)41)46-29-35-11-3-4-12-37(35)39-13-6-8-16-42(39)46;1-2-10-32-27-33(20-19-31(32)9-1)34-21-25-49-47(28-34)44-23-24-45-48-30-36(22-26-50(48)54-52(45)51(44)53-49)38-15-7-17-41-40(38)16-8-18-43(41)46-29-35-11-3-4-12-37(35)39-13-5-6-14-42(39)46/h2*1-30H. The van der Waals surface area contributed by atoms with Crippen molar-refractivity contribution in [2.24, 2.45) is 0 Å². The average molecular weight is 1370 g/mol. The average Bonchev–Trinajstić information content (AvgIpc) is 1.49. The normalized spacial score (nSPS) is 12.1. The van der Waals surface area contributed by atoms with Crippen LogP contribution in [0.3, 0.4) is 0 Å². The van der Waals surface area contributed by atoms with E-state index in [0.717, 1.165) is 110 Å². The maximum absolute atomic E-state index is 6.60. The van der Waals surface area contributed by atoms with Crippen molar-refractivity contribution in [3.05, 3.63) is 364 Å². The van der Waals surface area contributed by atoms with E-state index in [-0.39, 0.29) is 0 Å². The summed E-state index contributed by atoms with van der Waals surface area (Å²) in [5.41, 5.74) is 20.9. The molecule has 0 radical (unpaired) electrons. The van der Waals surface area contributed by atoms with Crippen LogP contribution in [0.25, 0.3) is 241 Å². The van der Waals surface area contributed by atoms with Crippen molar-refractivity contribution in [1.82, 2.24) is 0 Å². The van der Waals surface area contributed by atoms with Crippen LogP contribution in [0.5, 0.6) is 0 Å². The lowest BCUT2D eigenvalue weighted by atomic mass is 9.88. The summed E-state index contributed by atoms with van der Waals surface area (Å²) in [5, 5.41) is 28.6. The van der Waals surface area contributed by atoms with Gasteiger partial charge in [-0.1, -0.05) is 267 Å². The maximum atomic E-state index is 6.60. The Bertz CT molecular complexity index is 7530. The SMILES string of the molecule is c1ccc2cc(-c3ccc4oc5c(ccc6c7cc(-c8ccc(-c9cc%10ccccc%10c%10ccccc9%10)c9ccccc89)ccc7oc65)c4c3)ccc2c1.c1ccc2cc(-c3ccc4oc5c(ccc6c7cc(-c8cccc9c(-c%10cc%11ccccc%11c%11ccccc%10%11)cccc89)ccc7oc65)c4c3)ccc2c1. The van der Waals surface area contributed by atoms with Gasteiger partial charge in [0.1, 0.15) is 22.3 Å². The molecule has 0 saturated carbocycles. The third-order valence-corrected chi connectivity index (χ3v) is 22.9. The maximum Gasteiger partial charge on any atom is 0.178 e. The van der Waals surface area contributed by atoms with Crippen molar-refractivity contribution in [2.75, 3.05) is 0 Å². The molecule has 108 heavy (non-hydrogen) atoms. The summed E-state index contributed by atoms with van der Waals surface area (Å²) in [4.78, 5) is 0. The van der Waals surface area contributed by atoms with Gasteiger partial charge in [0, 0.05) is 43.1 Å². The molecule has 500 valence electrons. The number of furan rings is 4. The summed E-state index contributed by atoms with van der Waals surface area (Å²) in [5.74, 6) is 0. The summed E-state index contributed by atoms with van der Waals surface area (Å²) in [7, 11) is 0. The Labute approximate surface area is 618 Å². The zero-order chi connectivity index (χ0) is 70.7. The highest BCUT2D eigenvalue weighted by atomic mass is 16.4. The van der Waals surface area contributed by atoms with Gasteiger partial charge in [-0.25, -0.2) is 0 Å². The van der Waals surface area contributed by atoms with Crippen LogP contribution >= 0.6 is 0 Å². The van der Waals surface area contributed by atoms with Crippen LogP contribution in [-0.2, 0) is 0 Å². The lowest BCUT2D eigenvalue weighted by molar-refractivity contribution is 0.633. The summed E-state index contributed by atoms with van der Waals surface area (Å²) >= 11 is 0. The molecule has 4 nitrogen and oxygen atoms in total. The Balaban J connectivity index is 0.000000130. The molecule has 24 aromatic rings. The molecule has 0 amide bonds. The second kappa shape index (κ2) is 23.6. The first kappa shape index (κ1) is 60.1. The van der Waals surface area contributed by atoms with Crippen LogP contribution < -0.4 is 0 Å². The molecular formula is C104H60O4. The molecule has 0 spiro atoms. The topological polar surface area (TPSA) is 52.6 Å². The number of benzene rings is 20. The highest BCUT2D eigenvalue weighted by molar-refractivity contribution is 6.24. The minimum absolute atomic E-state index is 0.784. The van der Waals surface area contributed by atoms with E-state index in [0.29, 0.717) is 0 Å². The van der Waals surface area contributed by atoms with Gasteiger partial charge in [0.15, 0.2) is 22.3 Å². The van der Waals surface area contributed by atoms with Crippen LogP contribution in [-0.4, -0.2) is 0 Å². The highest BCUT2D eigenvalue weighted by Crippen LogP contribution is 2.48. The van der Waals surface area contributed by atoms with Crippen LogP contribution in [0.4, 0.5) is 0 Å². The van der Waals surface area contributed by atoms with Gasteiger partial charge >= 0.3 is 0 Å². The first-order chi connectivity index (χ1) is 53.5. The predicted octanol–water partition coefficient (Wildman–Crippen LogP) is 30.2. The molecule has 4 heteroatoms. The van der Waals surface area contributed by atoms with E-state index in [1.54, 1.807) is 0 Å². The fourth-order valence-electron chi connectivity index (χ4n) is 17.7. The minimum atomic E-state index is 0.784. The van der Waals surface area contributed by atoms with E-state index in [4.69, 9.17) is 17.7 Å². The zero-order valence-electron chi connectivity index (χ0n) is 58.3. The Morgan fingerprint density at radius 1 is 0.120 bits per heavy atom. The molecule has 0 saturated heterocycles. The van der Waals surface area contributed by atoms with Gasteiger partial charge in [0.05, 0.1) is 0 Å². The second-order valence-electron chi connectivity index (χ2n) is 28.8. The lowest BCUT2D eigenvalue weighted by Crippen LogP contribution is -1.88. The fourth-order valence-corrected chi connectivity index (χ4v) is 17.7. The largest absolute Gasteiger partial charge is 0.452 e. The Hall–Kier alpha value is -14.3. The molecule has 0 aliphatic heterocycles. The van der Waals surface area contributed by atoms with Gasteiger partial charge < -0.3 is 17.7 Å². The Morgan fingerprint density at radius 3 is 0.806 bits per heavy atom. The summed E-state index contributed by atoms with van der Waals surface area (Å²) in [6.45, 7) is 0. The molecule has 24 rings (SSSR count). The third kappa shape index (κ3) is 9.37. The first-order valence-corrected chi connectivity index (χ1v) is 37.0. The monoisotopic (exact) mass is 1370 g/mol. The number of fused-ring (bicyclic) bond motifs is 24. The molecule has 0 N–H and O–H groups in total. The van der Waals surface area contributed by atoms with Crippen molar-refractivity contribution in [3.63, 3.8) is 0 Å². The van der Waals surface area contributed by atoms with Gasteiger partial charge in [-0.2, -0.15) is 0 Å². The molecule has 0 atom stereocenters. The van der Waals surface area contributed by atoms with Crippen molar-refractivity contribution in [2.45, 2.75) is 0 Å². The molecule has 0 unspecified atom stereocenters. The molecule has 0 aliphatic carbocycles. The van der Waals surface area contributed by atoms with E-state index in [1.165, 1.54) is 131 Å². The van der Waals surface area contributed by atoms with Gasteiger partial charge in [-0.05, 0) is 250 Å². The number of hydrogen-bond donors (Lipinski definition) is 0. The lowest BCUT2D eigenvalue weighted by Gasteiger charge is -2.15. The van der Waals surface area contributed by atoms with Gasteiger partial charge in [-0.15, -0.1) is 0 Å². The van der Waals surface area contributed by atoms with Gasteiger partial charge in [0.25, 0.3) is 0 Å². The highest BCUT2D eigenvalue weighted by Gasteiger charge is 2.23. The minimum Gasteiger partial charge on any atom is -0.452 e. The second-order valence-corrected chi connectivity index (χ2v) is 28.8. The molecule has 0 aliphatic rings. The fraction of sp³-hybridized carbons (Fsp3) is 0. The van der Waals surface area contributed by atoms with Crippen molar-refractivity contribution < 1.29 is 17.7 Å². The first-order valence-electron chi connectivity index (χ1n) is 37.0. The van der Waals surface area contributed by atoms with Gasteiger partial charge in [-0.3, -0.25) is 0 Å². The van der Waals surface area contributed by atoms with Crippen LogP contribution in [0.2, 0.25) is 0 Å².